The highest BCUT2D eigenvalue weighted by Crippen LogP contribution is 2.33. The van der Waals surface area contributed by atoms with Gasteiger partial charge in [-0.2, -0.15) is 5.11 Å². The number of H-pyrrole nitrogens is 1. The van der Waals surface area contributed by atoms with Gasteiger partial charge in [-0.15, -0.1) is 5.11 Å². The highest BCUT2D eigenvalue weighted by Gasteiger charge is 2.08. The topological polar surface area (TPSA) is 49.7 Å². The van der Waals surface area contributed by atoms with Gasteiger partial charge < -0.3 is 9.72 Å². The van der Waals surface area contributed by atoms with Gasteiger partial charge in [0.25, 0.3) is 0 Å². The molecule has 5 heteroatoms. The second-order valence-electron chi connectivity index (χ2n) is 4.69. The largest absolute Gasteiger partial charge is 0.497 e. The Morgan fingerprint density at radius 1 is 1.05 bits per heavy atom. The fraction of sp³-hybridized carbons (Fsp3) is 0.125. The number of nitrogens with one attached hydrogen (secondary N) is 1. The first kappa shape index (κ1) is 13.6. The van der Waals surface area contributed by atoms with E-state index in [1.807, 2.05) is 49.4 Å². The predicted molar refractivity (Wildman–Crippen MR) is 85.2 cm³/mol. The lowest BCUT2D eigenvalue weighted by Gasteiger charge is -1.98. The van der Waals surface area contributed by atoms with Crippen LogP contribution in [0, 0.1) is 6.92 Å². The maximum atomic E-state index is 6.05. The number of halogens is 1. The molecule has 1 aromatic heterocycles. The number of aromatic amines is 1. The van der Waals surface area contributed by atoms with Crippen LogP contribution in [0.5, 0.6) is 5.75 Å². The van der Waals surface area contributed by atoms with E-state index in [1.165, 1.54) is 0 Å². The van der Waals surface area contributed by atoms with Crippen LogP contribution in [-0.4, -0.2) is 12.1 Å². The van der Waals surface area contributed by atoms with Gasteiger partial charge in [0.15, 0.2) is 0 Å². The SMILES string of the molecule is COc1ccc(N=Nc2c(C)[nH]c3ccc(Cl)cc23)cc1. The van der Waals surface area contributed by atoms with Crippen molar-refractivity contribution in [3.63, 3.8) is 0 Å². The van der Waals surface area contributed by atoms with Crippen molar-refractivity contribution in [3.8, 4) is 5.75 Å². The number of aromatic nitrogens is 1. The lowest BCUT2D eigenvalue weighted by atomic mass is 10.2. The summed E-state index contributed by atoms with van der Waals surface area (Å²) in [5.41, 5.74) is 3.54. The number of rotatable bonds is 3. The van der Waals surface area contributed by atoms with Crippen molar-refractivity contribution in [1.82, 2.24) is 4.98 Å². The molecule has 3 rings (SSSR count). The Morgan fingerprint density at radius 3 is 2.52 bits per heavy atom. The third kappa shape index (κ3) is 2.76. The van der Waals surface area contributed by atoms with Gasteiger partial charge in [-0.3, -0.25) is 0 Å². The molecule has 0 unspecified atom stereocenters. The predicted octanol–water partition coefficient (Wildman–Crippen LogP) is 5.55. The first-order chi connectivity index (χ1) is 10.2. The quantitative estimate of drug-likeness (QED) is 0.633. The molecule has 2 aromatic carbocycles. The van der Waals surface area contributed by atoms with Crippen LogP contribution in [0.3, 0.4) is 0 Å². The summed E-state index contributed by atoms with van der Waals surface area (Å²) in [5.74, 6) is 0.795. The van der Waals surface area contributed by atoms with Crippen LogP contribution in [-0.2, 0) is 0 Å². The first-order valence-corrected chi connectivity index (χ1v) is 6.89. The maximum Gasteiger partial charge on any atom is 0.119 e. The molecular formula is C16H14ClN3O. The monoisotopic (exact) mass is 299 g/mol. The summed E-state index contributed by atoms with van der Waals surface area (Å²) in [4.78, 5) is 3.28. The second kappa shape index (κ2) is 5.58. The molecule has 21 heavy (non-hydrogen) atoms. The Kier molecular flexibility index (Phi) is 3.62. The third-order valence-corrected chi connectivity index (χ3v) is 3.49. The molecule has 0 radical (unpaired) electrons. The van der Waals surface area contributed by atoms with Crippen LogP contribution >= 0.6 is 11.6 Å². The minimum absolute atomic E-state index is 0.683. The van der Waals surface area contributed by atoms with Crippen molar-refractivity contribution < 1.29 is 4.74 Å². The smallest absolute Gasteiger partial charge is 0.119 e. The standard InChI is InChI=1S/C16H14ClN3O/c1-10-16(14-9-11(17)3-8-15(14)18-10)20-19-12-4-6-13(21-2)7-5-12/h3-9,18H,1-2H3. The van der Waals surface area contributed by atoms with Gasteiger partial charge in [0.1, 0.15) is 11.4 Å². The normalized spacial score (nSPS) is 11.4. The van der Waals surface area contributed by atoms with Crippen LogP contribution in [0.15, 0.2) is 52.7 Å². The third-order valence-electron chi connectivity index (χ3n) is 3.25. The van der Waals surface area contributed by atoms with Gasteiger partial charge in [0.05, 0.1) is 12.8 Å². The van der Waals surface area contributed by atoms with Crippen LogP contribution in [0.4, 0.5) is 11.4 Å². The van der Waals surface area contributed by atoms with E-state index in [9.17, 15) is 0 Å². The summed E-state index contributed by atoms with van der Waals surface area (Å²) in [5, 5.41) is 10.3. The average molecular weight is 300 g/mol. The molecule has 4 nitrogen and oxygen atoms in total. The first-order valence-electron chi connectivity index (χ1n) is 6.51. The number of fused-ring (bicyclic) bond motifs is 1. The number of methoxy groups -OCH3 is 1. The zero-order chi connectivity index (χ0) is 14.8. The Bertz CT molecular complexity index is 806. The summed E-state index contributed by atoms with van der Waals surface area (Å²) in [6, 6.07) is 13.1. The number of ether oxygens (including phenoxy) is 1. The van der Waals surface area contributed by atoms with E-state index in [0.717, 1.165) is 33.7 Å². The van der Waals surface area contributed by atoms with E-state index in [0.29, 0.717) is 5.02 Å². The average Bonchev–Trinajstić information content (AvgIpc) is 2.80. The fourth-order valence-electron chi connectivity index (χ4n) is 2.17. The molecule has 1 N–H and O–H groups in total. The second-order valence-corrected chi connectivity index (χ2v) is 5.12. The van der Waals surface area contributed by atoms with E-state index in [2.05, 4.69) is 15.2 Å². The molecule has 106 valence electrons. The van der Waals surface area contributed by atoms with Crippen LogP contribution in [0.2, 0.25) is 5.02 Å². The number of benzene rings is 2. The minimum Gasteiger partial charge on any atom is -0.497 e. The number of hydrogen-bond acceptors (Lipinski definition) is 3. The molecule has 0 spiro atoms. The molecular weight excluding hydrogens is 286 g/mol. The highest BCUT2D eigenvalue weighted by atomic mass is 35.5. The number of nitrogens with zero attached hydrogens (tertiary/aromatic N) is 2. The van der Waals surface area contributed by atoms with Crippen LogP contribution in [0.1, 0.15) is 5.69 Å². The van der Waals surface area contributed by atoms with Crippen molar-refractivity contribution in [2.24, 2.45) is 10.2 Å². The number of azo groups is 1. The van der Waals surface area contributed by atoms with Crippen LogP contribution in [0.25, 0.3) is 10.9 Å². The summed E-state index contributed by atoms with van der Waals surface area (Å²) in [6.45, 7) is 1.97. The maximum absolute atomic E-state index is 6.05. The molecule has 0 saturated carbocycles. The van der Waals surface area contributed by atoms with Gasteiger partial charge in [-0.25, -0.2) is 0 Å². The molecule has 0 bridgehead atoms. The zero-order valence-electron chi connectivity index (χ0n) is 11.7. The van der Waals surface area contributed by atoms with Gasteiger partial charge >= 0.3 is 0 Å². The zero-order valence-corrected chi connectivity index (χ0v) is 12.5. The lowest BCUT2D eigenvalue weighted by Crippen LogP contribution is -1.79. The van der Waals surface area contributed by atoms with Crippen molar-refractivity contribution in [3.05, 3.63) is 53.2 Å². The van der Waals surface area contributed by atoms with Crippen molar-refractivity contribution >= 4 is 33.9 Å². The van der Waals surface area contributed by atoms with E-state index >= 15 is 0 Å². The molecule has 0 saturated heterocycles. The van der Waals surface area contributed by atoms with Gasteiger partial charge in [-0.1, -0.05) is 11.6 Å². The summed E-state index contributed by atoms with van der Waals surface area (Å²) >= 11 is 6.05. The molecule has 0 aliphatic heterocycles. The Balaban J connectivity index is 1.98. The Morgan fingerprint density at radius 2 is 1.81 bits per heavy atom. The van der Waals surface area contributed by atoms with E-state index in [4.69, 9.17) is 16.3 Å². The van der Waals surface area contributed by atoms with Gasteiger partial charge in [0.2, 0.25) is 0 Å². The minimum atomic E-state index is 0.683. The molecule has 0 atom stereocenters. The number of aryl methyl sites for hydroxylation is 1. The van der Waals surface area contributed by atoms with Crippen LogP contribution < -0.4 is 4.74 Å². The fourth-order valence-corrected chi connectivity index (χ4v) is 2.34. The van der Waals surface area contributed by atoms with Crippen molar-refractivity contribution in [1.29, 1.82) is 0 Å². The van der Waals surface area contributed by atoms with E-state index in [-0.39, 0.29) is 0 Å². The van der Waals surface area contributed by atoms with Crippen molar-refractivity contribution in [2.45, 2.75) is 6.92 Å². The lowest BCUT2D eigenvalue weighted by molar-refractivity contribution is 0.415. The Hall–Kier alpha value is -2.33. The van der Waals surface area contributed by atoms with Gasteiger partial charge in [0, 0.05) is 21.6 Å². The Labute approximate surface area is 127 Å². The summed E-state index contributed by atoms with van der Waals surface area (Å²) in [7, 11) is 1.63. The van der Waals surface area contributed by atoms with Crippen molar-refractivity contribution in [2.75, 3.05) is 7.11 Å². The summed E-state index contributed by atoms with van der Waals surface area (Å²) in [6.07, 6.45) is 0. The van der Waals surface area contributed by atoms with Gasteiger partial charge in [-0.05, 0) is 49.4 Å². The molecule has 1 heterocycles. The molecule has 0 aliphatic carbocycles. The number of hydrogen-bond donors (Lipinski definition) is 1. The highest BCUT2D eigenvalue weighted by molar-refractivity contribution is 6.31. The van der Waals surface area contributed by atoms with E-state index in [1.54, 1.807) is 7.11 Å². The molecule has 3 aromatic rings. The summed E-state index contributed by atoms with van der Waals surface area (Å²) < 4.78 is 5.12. The molecule has 0 amide bonds. The molecule has 0 fully saturated rings. The molecule has 0 aliphatic rings. The van der Waals surface area contributed by atoms with E-state index < -0.39 is 0 Å².